The van der Waals surface area contributed by atoms with E-state index in [1.54, 1.807) is 48.8 Å². The molecule has 7 nitrogen and oxygen atoms in total. The molecular formula is C25H21FN2O5. The van der Waals surface area contributed by atoms with Gasteiger partial charge in [0.05, 0.1) is 25.8 Å². The van der Waals surface area contributed by atoms with Crippen molar-refractivity contribution >= 4 is 17.4 Å². The van der Waals surface area contributed by atoms with E-state index < -0.39 is 29.3 Å². The van der Waals surface area contributed by atoms with Crippen molar-refractivity contribution in [3.05, 3.63) is 95.1 Å². The number of halogens is 1. The van der Waals surface area contributed by atoms with Crippen molar-refractivity contribution in [2.24, 2.45) is 0 Å². The third-order valence-corrected chi connectivity index (χ3v) is 5.50. The summed E-state index contributed by atoms with van der Waals surface area (Å²) >= 11 is 0. The predicted molar refractivity (Wildman–Crippen MR) is 118 cm³/mol. The minimum absolute atomic E-state index is 0.00334. The molecule has 168 valence electrons. The fraction of sp³-hybridized carbons (Fsp3) is 0.160. The van der Waals surface area contributed by atoms with E-state index >= 15 is 0 Å². The molecule has 0 radical (unpaired) electrons. The molecule has 1 N–H and O–H groups in total. The molecule has 2 aromatic carbocycles. The first-order valence-electron chi connectivity index (χ1n) is 10.1. The molecule has 1 atom stereocenters. The molecule has 0 saturated carbocycles. The molecule has 2 heterocycles. The van der Waals surface area contributed by atoms with Gasteiger partial charge in [0.1, 0.15) is 11.5 Å². The number of hydrogen-bond acceptors (Lipinski definition) is 6. The lowest BCUT2D eigenvalue weighted by atomic mass is 9.95. The molecule has 3 aromatic rings. The molecule has 0 bridgehead atoms. The Balaban J connectivity index is 1.85. The number of methoxy groups -OCH3 is 2. The highest BCUT2D eigenvalue weighted by Crippen LogP contribution is 2.41. The van der Waals surface area contributed by atoms with Crippen LogP contribution in [0.25, 0.3) is 5.76 Å². The average Bonchev–Trinajstić information content (AvgIpc) is 3.09. The zero-order valence-corrected chi connectivity index (χ0v) is 18.0. The molecule has 0 spiro atoms. The van der Waals surface area contributed by atoms with Crippen LogP contribution in [0.2, 0.25) is 0 Å². The first-order chi connectivity index (χ1) is 15.9. The van der Waals surface area contributed by atoms with Gasteiger partial charge in [-0.25, -0.2) is 4.39 Å². The summed E-state index contributed by atoms with van der Waals surface area (Å²) in [4.78, 5) is 31.5. The maximum absolute atomic E-state index is 14.3. The highest BCUT2D eigenvalue weighted by atomic mass is 19.1. The number of ether oxygens (including phenoxy) is 2. The van der Waals surface area contributed by atoms with Crippen molar-refractivity contribution in [1.29, 1.82) is 0 Å². The van der Waals surface area contributed by atoms with Gasteiger partial charge in [-0.2, -0.15) is 0 Å². The van der Waals surface area contributed by atoms with E-state index in [0.29, 0.717) is 11.3 Å². The van der Waals surface area contributed by atoms with Crippen LogP contribution in [0.15, 0.2) is 72.6 Å². The summed E-state index contributed by atoms with van der Waals surface area (Å²) in [7, 11) is 2.86. The molecule has 0 aliphatic carbocycles. The second-order valence-electron chi connectivity index (χ2n) is 7.40. The molecule has 1 aromatic heterocycles. The summed E-state index contributed by atoms with van der Waals surface area (Å²) in [6, 6.07) is 13.3. The molecule has 1 unspecified atom stereocenters. The number of carbonyl (C=O) groups excluding carboxylic acids is 2. The van der Waals surface area contributed by atoms with Gasteiger partial charge in [-0.1, -0.05) is 12.1 Å². The quantitative estimate of drug-likeness (QED) is 0.350. The lowest BCUT2D eigenvalue weighted by Crippen LogP contribution is -2.29. The fourth-order valence-electron chi connectivity index (χ4n) is 3.83. The van der Waals surface area contributed by atoms with E-state index in [9.17, 15) is 19.1 Å². The Morgan fingerprint density at radius 3 is 2.33 bits per heavy atom. The topological polar surface area (TPSA) is 89.0 Å². The van der Waals surface area contributed by atoms with E-state index in [2.05, 4.69) is 4.98 Å². The van der Waals surface area contributed by atoms with Gasteiger partial charge in [0, 0.05) is 24.5 Å². The number of ketones is 1. The molecule has 1 aliphatic rings. The summed E-state index contributed by atoms with van der Waals surface area (Å²) in [6.45, 7) is 0.123. The van der Waals surface area contributed by atoms with Crippen molar-refractivity contribution in [2.75, 3.05) is 14.2 Å². The first kappa shape index (κ1) is 22.0. The van der Waals surface area contributed by atoms with Crippen molar-refractivity contribution < 1.29 is 28.6 Å². The number of nitrogens with zero attached hydrogens (tertiary/aromatic N) is 2. The van der Waals surface area contributed by atoms with E-state index in [1.165, 1.54) is 31.3 Å². The number of benzene rings is 2. The number of pyridine rings is 1. The van der Waals surface area contributed by atoms with Gasteiger partial charge < -0.3 is 19.5 Å². The zero-order valence-electron chi connectivity index (χ0n) is 18.0. The smallest absolute Gasteiger partial charge is 0.295 e. The molecule has 1 fully saturated rings. The molecule has 1 amide bonds. The summed E-state index contributed by atoms with van der Waals surface area (Å²) in [5.74, 6) is -2.18. The normalized spacial score (nSPS) is 17.3. The van der Waals surface area contributed by atoms with E-state index in [1.807, 2.05) is 0 Å². The Bertz CT molecular complexity index is 1230. The monoisotopic (exact) mass is 448 g/mol. The van der Waals surface area contributed by atoms with E-state index in [-0.39, 0.29) is 23.4 Å². The van der Waals surface area contributed by atoms with Crippen LogP contribution < -0.4 is 9.47 Å². The van der Waals surface area contributed by atoms with Gasteiger partial charge in [-0.15, -0.1) is 0 Å². The molecular weight excluding hydrogens is 427 g/mol. The minimum Gasteiger partial charge on any atom is -0.507 e. The van der Waals surface area contributed by atoms with Crippen LogP contribution in [0.4, 0.5) is 4.39 Å². The second-order valence-corrected chi connectivity index (χ2v) is 7.40. The number of Topliss-reactive ketones (excluding diaryl/α,β-unsaturated/α-hetero) is 1. The van der Waals surface area contributed by atoms with Gasteiger partial charge in [-0.3, -0.25) is 14.6 Å². The zero-order chi connectivity index (χ0) is 23.5. The highest BCUT2D eigenvalue weighted by molar-refractivity contribution is 6.46. The van der Waals surface area contributed by atoms with Crippen LogP contribution in [0.1, 0.15) is 22.7 Å². The standard InChI is InChI=1S/C25H21FN2O5/c1-32-18-6-3-16(4-7-18)22-21(23(29)17-5-8-20(33-2)19(26)13-17)24(30)25(31)28(22)14-15-9-11-27-12-10-15/h3-13,22,29H,14H2,1-2H3/b23-21-. The average molecular weight is 448 g/mol. The Hall–Kier alpha value is -4.20. The van der Waals surface area contributed by atoms with Crippen molar-refractivity contribution in [1.82, 2.24) is 9.88 Å². The summed E-state index contributed by atoms with van der Waals surface area (Å²) in [5, 5.41) is 11.1. The Morgan fingerprint density at radius 1 is 1.03 bits per heavy atom. The summed E-state index contributed by atoms with van der Waals surface area (Å²) in [6.07, 6.45) is 3.18. The van der Waals surface area contributed by atoms with Gasteiger partial charge in [0.2, 0.25) is 0 Å². The van der Waals surface area contributed by atoms with E-state index in [4.69, 9.17) is 9.47 Å². The SMILES string of the molecule is COc1ccc(C2/C(=C(/O)c3ccc(OC)c(F)c3)C(=O)C(=O)N2Cc2ccncc2)cc1. The number of carbonyl (C=O) groups is 2. The van der Waals surface area contributed by atoms with Crippen molar-refractivity contribution in [2.45, 2.75) is 12.6 Å². The van der Waals surface area contributed by atoms with Gasteiger partial charge in [-0.05, 0) is 53.6 Å². The maximum atomic E-state index is 14.3. The Morgan fingerprint density at radius 2 is 1.73 bits per heavy atom. The molecule has 8 heteroatoms. The number of likely N-dealkylation sites (tertiary alicyclic amines) is 1. The number of aliphatic hydroxyl groups excluding tert-OH is 1. The number of hydrogen-bond donors (Lipinski definition) is 1. The Labute approximate surface area is 189 Å². The fourth-order valence-corrected chi connectivity index (χ4v) is 3.83. The second kappa shape index (κ2) is 9.12. The molecule has 33 heavy (non-hydrogen) atoms. The predicted octanol–water partition coefficient (Wildman–Crippen LogP) is 3.86. The van der Waals surface area contributed by atoms with Gasteiger partial charge in [0.25, 0.3) is 11.7 Å². The van der Waals surface area contributed by atoms with Crippen LogP contribution in [-0.4, -0.2) is 40.9 Å². The van der Waals surface area contributed by atoms with Crippen molar-refractivity contribution in [3.63, 3.8) is 0 Å². The molecule has 1 saturated heterocycles. The summed E-state index contributed by atoms with van der Waals surface area (Å²) in [5.41, 5.74) is 1.30. The third kappa shape index (κ3) is 4.15. The number of aliphatic hydroxyl groups is 1. The summed E-state index contributed by atoms with van der Waals surface area (Å²) < 4.78 is 24.4. The minimum atomic E-state index is -0.880. The molecule has 1 aliphatic heterocycles. The lowest BCUT2D eigenvalue weighted by Gasteiger charge is -2.25. The largest absolute Gasteiger partial charge is 0.507 e. The van der Waals surface area contributed by atoms with Gasteiger partial charge in [0.15, 0.2) is 11.6 Å². The number of amides is 1. The number of rotatable bonds is 6. The molecule has 4 rings (SSSR count). The van der Waals surface area contributed by atoms with Crippen LogP contribution in [0, 0.1) is 5.82 Å². The van der Waals surface area contributed by atoms with Crippen LogP contribution >= 0.6 is 0 Å². The highest BCUT2D eigenvalue weighted by Gasteiger charge is 2.46. The number of aromatic nitrogens is 1. The maximum Gasteiger partial charge on any atom is 0.295 e. The van der Waals surface area contributed by atoms with E-state index in [0.717, 1.165) is 11.6 Å². The lowest BCUT2D eigenvalue weighted by molar-refractivity contribution is -0.140. The third-order valence-electron chi connectivity index (χ3n) is 5.50. The van der Waals surface area contributed by atoms with Crippen LogP contribution in [0.3, 0.4) is 0 Å². The van der Waals surface area contributed by atoms with Crippen LogP contribution in [0.5, 0.6) is 11.5 Å². The Kier molecular flexibility index (Phi) is 6.08. The van der Waals surface area contributed by atoms with Crippen LogP contribution in [-0.2, 0) is 16.1 Å². The van der Waals surface area contributed by atoms with Crippen molar-refractivity contribution in [3.8, 4) is 11.5 Å². The first-order valence-corrected chi connectivity index (χ1v) is 10.1. The van der Waals surface area contributed by atoms with Gasteiger partial charge >= 0.3 is 0 Å².